The SMILES string of the molecule is CC(=O)OCC(COP(=O)(O)OCCNC(=O)C(C)(C)OCCC(C)(C)NC(=O)CCC(=O)OC1CCC2(C=O)C3CCC4(C)C(C5=CC(=O)OC5)CCC4(O)C3CCC2(O)C1)OC(C)=O. The zero-order valence-corrected chi connectivity index (χ0v) is 40.1. The molecule has 20 nitrogen and oxygen atoms in total. The van der Waals surface area contributed by atoms with E-state index in [-0.39, 0.29) is 75.6 Å². The third-order valence-electron chi connectivity index (χ3n) is 14.8. The minimum atomic E-state index is -4.64. The molecule has 0 radical (unpaired) electrons. The van der Waals surface area contributed by atoms with Crippen LogP contribution in [-0.4, -0.2) is 131 Å². The third kappa shape index (κ3) is 12.1. The first-order chi connectivity index (χ1) is 30.7. The van der Waals surface area contributed by atoms with E-state index in [0.29, 0.717) is 44.9 Å². The third-order valence-corrected chi connectivity index (χ3v) is 15.8. The van der Waals surface area contributed by atoms with E-state index in [2.05, 4.69) is 17.6 Å². The van der Waals surface area contributed by atoms with Gasteiger partial charge in [0.25, 0.3) is 5.91 Å². The second-order valence-corrected chi connectivity index (χ2v) is 21.5. The van der Waals surface area contributed by atoms with E-state index in [4.69, 9.17) is 32.7 Å². The number of cyclic esters (lactones) is 1. The Hall–Kier alpha value is -3.78. The van der Waals surface area contributed by atoms with Crippen LogP contribution in [0.1, 0.15) is 126 Å². The van der Waals surface area contributed by atoms with Crippen LogP contribution in [0.4, 0.5) is 0 Å². The highest BCUT2D eigenvalue weighted by Gasteiger charge is 2.71. The molecule has 66 heavy (non-hydrogen) atoms. The Bertz CT molecular complexity index is 1940. The first-order valence-corrected chi connectivity index (χ1v) is 24.3. The van der Waals surface area contributed by atoms with Crippen molar-refractivity contribution in [2.45, 2.75) is 160 Å². The maximum absolute atomic E-state index is 13.2. The normalized spacial score (nSPS) is 31.9. The summed E-state index contributed by atoms with van der Waals surface area (Å²) >= 11 is 0. The molecule has 0 aromatic heterocycles. The van der Waals surface area contributed by atoms with E-state index in [0.717, 1.165) is 25.7 Å². The van der Waals surface area contributed by atoms with Gasteiger partial charge in [0.1, 0.15) is 31.2 Å². The molecule has 1 heterocycles. The van der Waals surface area contributed by atoms with Gasteiger partial charge in [-0.25, -0.2) is 9.36 Å². The summed E-state index contributed by atoms with van der Waals surface area (Å²) in [5.74, 6) is -3.80. The maximum atomic E-state index is 13.2. The second-order valence-electron chi connectivity index (χ2n) is 20.0. The maximum Gasteiger partial charge on any atom is 0.472 e. The zero-order chi connectivity index (χ0) is 48.9. The van der Waals surface area contributed by atoms with Crippen LogP contribution in [0, 0.1) is 28.6 Å². The van der Waals surface area contributed by atoms with Gasteiger partial charge in [0.05, 0.1) is 42.9 Å². The molecule has 0 aromatic rings. The highest BCUT2D eigenvalue weighted by molar-refractivity contribution is 7.47. The number of nitrogens with one attached hydrogen (secondary N) is 2. The number of hydrogen-bond donors (Lipinski definition) is 5. The lowest BCUT2D eigenvalue weighted by Crippen LogP contribution is -2.69. The Morgan fingerprint density at radius 1 is 0.939 bits per heavy atom. The van der Waals surface area contributed by atoms with Crippen LogP contribution >= 0.6 is 7.82 Å². The molecule has 0 spiro atoms. The number of esters is 4. The van der Waals surface area contributed by atoms with Gasteiger partial charge < -0.3 is 54.2 Å². The molecule has 5 rings (SSSR count). The van der Waals surface area contributed by atoms with Crippen molar-refractivity contribution in [2.75, 3.05) is 39.6 Å². The van der Waals surface area contributed by atoms with Crippen molar-refractivity contribution in [1.29, 1.82) is 0 Å². The highest BCUT2D eigenvalue weighted by atomic mass is 31.2. The smallest absolute Gasteiger partial charge is 0.462 e. The fourth-order valence-electron chi connectivity index (χ4n) is 11.3. The lowest BCUT2D eigenvalue weighted by atomic mass is 9.41. The Morgan fingerprint density at radius 2 is 1.65 bits per heavy atom. The quantitative estimate of drug-likeness (QED) is 0.0343. The number of rotatable bonds is 22. The summed E-state index contributed by atoms with van der Waals surface area (Å²) in [5, 5.41) is 30.1. The van der Waals surface area contributed by atoms with Crippen LogP contribution in [0.25, 0.3) is 0 Å². The average Bonchev–Trinajstić information content (AvgIpc) is 3.77. The molecule has 21 heteroatoms. The highest BCUT2D eigenvalue weighted by Crippen LogP contribution is 2.70. The van der Waals surface area contributed by atoms with Crippen molar-refractivity contribution >= 4 is 49.8 Å². The molecule has 0 aromatic carbocycles. The molecule has 5 N–H and O–H groups in total. The minimum Gasteiger partial charge on any atom is -0.462 e. The molecule has 1 aliphatic heterocycles. The summed E-state index contributed by atoms with van der Waals surface area (Å²) in [4.78, 5) is 96.2. The van der Waals surface area contributed by atoms with Crippen molar-refractivity contribution in [3.05, 3.63) is 11.6 Å². The monoisotopic (exact) mass is 956 g/mol. The minimum absolute atomic E-state index is 0.00646. The molecule has 2 amide bonds. The van der Waals surface area contributed by atoms with Gasteiger partial charge >= 0.3 is 31.7 Å². The predicted octanol–water partition coefficient (Wildman–Crippen LogP) is 3.05. The predicted molar refractivity (Wildman–Crippen MR) is 230 cm³/mol. The van der Waals surface area contributed by atoms with Crippen molar-refractivity contribution in [3.63, 3.8) is 0 Å². The van der Waals surface area contributed by atoms with Gasteiger partial charge in [-0.15, -0.1) is 0 Å². The van der Waals surface area contributed by atoms with Crippen molar-refractivity contribution in [2.24, 2.45) is 28.6 Å². The standard InChI is InChI=1S/C45H69N2O18P/c1-28(49)59-25-32(64-29(2)50)26-63-66(57,58)62-21-19-46-39(54)41(5,6)61-20-18-40(3,4)47-36(51)8-9-37(52)65-31-10-15-43(27-48)34-11-14-42(7)33(30-22-38(53)60-24-30)13-17-45(42,56)35(34)12-16-44(43,55)23-31/h22,27,31-35,55-56H,8-21,23-26H2,1-7H3,(H,46,54)(H,47,51)(H,57,58). The number of aldehydes is 1. The van der Waals surface area contributed by atoms with Crippen LogP contribution in [0.15, 0.2) is 11.6 Å². The van der Waals surface area contributed by atoms with Gasteiger partial charge in [-0.05, 0) is 109 Å². The summed E-state index contributed by atoms with van der Waals surface area (Å²) < 4.78 is 48.5. The number of ether oxygens (including phenoxy) is 5. The number of phosphoric acid groups is 1. The van der Waals surface area contributed by atoms with Gasteiger partial charge in [0.2, 0.25) is 5.91 Å². The fourth-order valence-corrected chi connectivity index (χ4v) is 12.1. The lowest BCUT2D eigenvalue weighted by molar-refractivity contribution is -0.249. The first kappa shape index (κ1) is 53.2. The topological polar surface area (TPSA) is 286 Å². The van der Waals surface area contributed by atoms with E-state index >= 15 is 0 Å². The summed E-state index contributed by atoms with van der Waals surface area (Å²) in [6.07, 6.45) is 4.56. The number of aliphatic hydroxyl groups is 2. The number of carbonyl (C=O) groups is 7. The van der Waals surface area contributed by atoms with Crippen LogP contribution < -0.4 is 10.6 Å². The molecule has 4 fully saturated rings. The summed E-state index contributed by atoms with van der Waals surface area (Å²) in [7, 11) is -4.64. The molecular weight excluding hydrogens is 887 g/mol. The van der Waals surface area contributed by atoms with Gasteiger partial charge in [0.15, 0.2) is 6.10 Å². The molecular formula is C45H69N2O18P. The van der Waals surface area contributed by atoms with E-state index in [1.807, 2.05) is 0 Å². The van der Waals surface area contributed by atoms with Crippen molar-refractivity contribution in [1.82, 2.24) is 10.6 Å². The van der Waals surface area contributed by atoms with Gasteiger partial charge in [-0.2, -0.15) is 0 Å². The summed E-state index contributed by atoms with van der Waals surface area (Å²) in [5.41, 5.74) is -5.35. The van der Waals surface area contributed by atoms with Gasteiger partial charge in [0, 0.05) is 50.3 Å². The number of fused-ring (bicyclic) bond motifs is 5. The molecule has 5 aliphatic rings. The largest absolute Gasteiger partial charge is 0.472 e. The van der Waals surface area contributed by atoms with Crippen LogP contribution in [0.2, 0.25) is 0 Å². The van der Waals surface area contributed by atoms with Gasteiger partial charge in [-0.3, -0.25) is 33.0 Å². The van der Waals surface area contributed by atoms with E-state index in [1.54, 1.807) is 19.9 Å². The average molecular weight is 957 g/mol. The molecule has 0 saturated heterocycles. The summed E-state index contributed by atoms with van der Waals surface area (Å²) in [6, 6.07) is 0. The number of phosphoric ester groups is 1. The Kier molecular flexibility index (Phi) is 16.8. The van der Waals surface area contributed by atoms with Crippen LogP contribution in [-0.2, 0) is 70.9 Å². The second kappa shape index (κ2) is 20.8. The van der Waals surface area contributed by atoms with E-state index in [1.165, 1.54) is 13.8 Å². The van der Waals surface area contributed by atoms with Crippen LogP contribution in [0.3, 0.4) is 0 Å². The van der Waals surface area contributed by atoms with Crippen molar-refractivity contribution < 1.29 is 86.0 Å². The molecule has 4 saturated carbocycles. The molecule has 4 aliphatic carbocycles. The first-order valence-electron chi connectivity index (χ1n) is 22.8. The Labute approximate surface area is 385 Å². The Morgan fingerprint density at radius 3 is 2.30 bits per heavy atom. The fraction of sp³-hybridized carbons (Fsp3) is 0.800. The van der Waals surface area contributed by atoms with E-state index < -0.39 is 103 Å². The number of amides is 2. The number of hydrogen-bond acceptors (Lipinski definition) is 17. The molecule has 10 unspecified atom stereocenters. The van der Waals surface area contributed by atoms with Crippen LogP contribution in [0.5, 0.6) is 0 Å². The molecule has 0 bridgehead atoms. The van der Waals surface area contributed by atoms with E-state index in [9.17, 15) is 53.2 Å². The Balaban J connectivity index is 1.01. The lowest BCUT2D eigenvalue weighted by Gasteiger charge is -2.65. The summed E-state index contributed by atoms with van der Waals surface area (Å²) in [6.45, 7) is 9.54. The molecule has 10 atom stereocenters. The zero-order valence-electron chi connectivity index (χ0n) is 39.2. The number of carbonyl (C=O) groups excluding carboxylic acids is 7. The van der Waals surface area contributed by atoms with Crippen molar-refractivity contribution in [3.8, 4) is 0 Å². The van der Waals surface area contributed by atoms with Gasteiger partial charge in [-0.1, -0.05) is 6.92 Å². The molecule has 372 valence electrons.